The van der Waals surface area contributed by atoms with Crippen molar-refractivity contribution in [1.82, 2.24) is 0 Å². The van der Waals surface area contributed by atoms with Crippen molar-refractivity contribution in [3.63, 3.8) is 0 Å². The van der Waals surface area contributed by atoms with Gasteiger partial charge in [-0.3, -0.25) is 0 Å². The second-order valence-corrected chi connectivity index (χ2v) is 4.48. The third-order valence-corrected chi connectivity index (χ3v) is 3.21. The van der Waals surface area contributed by atoms with Gasteiger partial charge in [-0.1, -0.05) is 0 Å². The fourth-order valence-electron chi connectivity index (χ4n) is 1.33. The highest BCUT2D eigenvalue weighted by molar-refractivity contribution is 7.85. The molecular formula is C7H17NO4S. The molecule has 80 valence electrons. The van der Waals surface area contributed by atoms with Crippen molar-refractivity contribution in [2.24, 2.45) is 0 Å². The summed E-state index contributed by atoms with van der Waals surface area (Å²) in [5.74, 6) is -0.430. The van der Waals surface area contributed by atoms with Crippen molar-refractivity contribution in [1.29, 1.82) is 0 Å². The molecule has 0 aliphatic rings. The molecule has 0 heterocycles. The maximum atomic E-state index is 10.6. The van der Waals surface area contributed by atoms with Crippen LogP contribution in [0.5, 0.6) is 0 Å². The predicted octanol–water partition coefficient (Wildman–Crippen LogP) is -0.662. The summed E-state index contributed by atoms with van der Waals surface area (Å²) < 4.78 is 31.9. The second-order valence-electron chi connectivity index (χ2n) is 3.11. The van der Waals surface area contributed by atoms with E-state index in [-0.39, 0.29) is 11.1 Å². The van der Waals surface area contributed by atoms with Crippen LogP contribution in [0, 0.1) is 0 Å². The molecule has 0 saturated carbocycles. The highest BCUT2D eigenvalue weighted by atomic mass is 32.2. The fourth-order valence-corrected chi connectivity index (χ4v) is 2.50. The summed E-state index contributed by atoms with van der Waals surface area (Å²) in [5, 5.41) is 8.75. The van der Waals surface area contributed by atoms with E-state index >= 15 is 0 Å². The Balaban J connectivity index is 4.57. The molecule has 6 heteroatoms. The summed E-state index contributed by atoms with van der Waals surface area (Å²) in [7, 11) is -4.22. The van der Waals surface area contributed by atoms with Crippen LogP contribution in [0.3, 0.4) is 0 Å². The molecule has 1 N–H and O–H groups in total. The van der Waals surface area contributed by atoms with Crippen LogP contribution in [-0.2, 0) is 10.1 Å². The van der Waals surface area contributed by atoms with Gasteiger partial charge in [-0.25, -0.2) is 8.42 Å². The minimum absolute atomic E-state index is 0.1000. The summed E-state index contributed by atoms with van der Waals surface area (Å²) in [6.07, 6.45) is 0. The van der Waals surface area contributed by atoms with E-state index in [1.54, 1.807) is 0 Å². The van der Waals surface area contributed by atoms with Crippen molar-refractivity contribution in [2.75, 3.05) is 32.1 Å². The number of rotatable bonds is 6. The van der Waals surface area contributed by atoms with Crippen LogP contribution < -0.4 is 0 Å². The van der Waals surface area contributed by atoms with Gasteiger partial charge in [0.1, 0.15) is 16.7 Å². The van der Waals surface area contributed by atoms with Crippen LogP contribution >= 0.6 is 0 Å². The molecule has 0 atom stereocenters. The molecule has 0 saturated heterocycles. The van der Waals surface area contributed by atoms with Crippen LogP contribution in [0.25, 0.3) is 0 Å². The molecule has 0 amide bonds. The molecular weight excluding hydrogens is 194 g/mol. The smallest absolute Gasteiger partial charge is 0.169 e. The zero-order valence-corrected chi connectivity index (χ0v) is 8.88. The van der Waals surface area contributed by atoms with E-state index in [1.165, 1.54) is 0 Å². The second kappa shape index (κ2) is 4.90. The number of hydrogen-bond donors (Lipinski definition) is 1. The summed E-state index contributed by atoms with van der Waals surface area (Å²) in [4.78, 5) is 0. The quantitative estimate of drug-likeness (QED) is 0.467. The monoisotopic (exact) mass is 211 g/mol. The van der Waals surface area contributed by atoms with E-state index in [0.29, 0.717) is 19.6 Å². The number of aliphatic hydroxyl groups is 1. The van der Waals surface area contributed by atoms with Gasteiger partial charge in [0.25, 0.3) is 0 Å². The van der Waals surface area contributed by atoms with E-state index in [4.69, 9.17) is 5.11 Å². The molecule has 0 aliphatic heterocycles. The Hall–Kier alpha value is -0.170. The van der Waals surface area contributed by atoms with Crippen molar-refractivity contribution < 1.29 is 22.6 Å². The van der Waals surface area contributed by atoms with Crippen LogP contribution in [-0.4, -0.2) is 54.7 Å². The summed E-state index contributed by atoms with van der Waals surface area (Å²) >= 11 is 0. The lowest BCUT2D eigenvalue weighted by atomic mass is 10.4. The highest BCUT2D eigenvalue weighted by Crippen LogP contribution is 2.07. The topological polar surface area (TPSA) is 77.4 Å². The summed E-state index contributed by atoms with van der Waals surface area (Å²) in [6, 6.07) is 0. The van der Waals surface area contributed by atoms with Crippen molar-refractivity contribution in [3.05, 3.63) is 0 Å². The zero-order chi connectivity index (χ0) is 10.5. The van der Waals surface area contributed by atoms with E-state index in [1.807, 2.05) is 13.8 Å². The lowest BCUT2D eigenvalue weighted by molar-refractivity contribution is -0.914. The lowest BCUT2D eigenvalue weighted by Crippen LogP contribution is -2.52. The van der Waals surface area contributed by atoms with Gasteiger partial charge in [0, 0.05) is 0 Å². The molecule has 0 aliphatic carbocycles. The van der Waals surface area contributed by atoms with Gasteiger partial charge in [0.2, 0.25) is 0 Å². The lowest BCUT2D eigenvalue weighted by Gasteiger charge is -2.36. The molecule has 0 spiro atoms. The first kappa shape index (κ1) is 12.8. The third kappa shape index (κ3) is 4.56. The van der Waals surface area contributed by atoms with Gasteiger partial charge in [-0.2, -0.15) is 0 Å². The molecule has 0 fully saturated rings. The maximum Gasteiger partial charge on any atom is 0.169 e. The Morgan fingerprint density at radius 3 is 2.00 bits per heavy atom. The van der Waals surface area contributed by atoms with Crippen LogP contribution in [0.4, 0.5) is 0 Å². The van der Waals surface area contributed by atoms with Crippen molar-refractivity contribution in [2.45, 2.75) is 13.8 Å². The molecule has 0 aromatic heterocycles. The van der Waals surface area contributed by atoms with Gasteiger partial charge in [0.05, 0.1) is 19.7 Å². The largest absolute Gasteiger partial charge is 0.744 e. The first-order valence-corrected chi connectivity index (χ1v) is 5.86. The van der Waals surface area contributed by atoms with E-state index in [2.05, 4.69) is 0 Å². The normalized spacial score (nSPS) is 13.2. The number of hydrogen-bond acceptors (Lipinski definition) is 4. The first-order valence-electron chi connectivity index (χ1n) is 4.28. The molecule has 5 nitrogen and oxygen atoms in total. The average molecular weight is 211 g/mol. The van der Waals surface area contributed by atoms with E-state index in [0.717, 1.165) is 0 Å². The highest BCUT2D eigenvalue weighted by Gasteiger charge is 2.25. The van der Waals surface area contributed by atoms with Crippen molar-refractivity contribution in [3.8, 4) is 0 Å². The summed E-state index contributed by atoms with van der Waals surface area (Å²) in [6.45, 7) is 4.91. The molecule has 0 aromatic rings. The fraction of sp³-hybridized carbons (Fsp3) is 1.00. The summed E-state index contributed by atoms with van der Waals surface area (Å²) in [5.41, 5.74) is 0. The van der Waals surface area contributed by atoms with Crippen LogP contribution in [0.1, 0.15) is 13.8 Å². The van der Waals surface area contributed by atoms with Crippen LogP contribution in [0.15, 0.2) is 0 Å². The third-order valence-electron chi connectivity index (χ3n) is 2.35. The Labute approximate surface area is 79.3 Å². The van der Waals surface area contributed by atoms with Gasteiger partial charge < -0.3 is 14.1 Å². The number of nitrogens with zero attached hydrogens (tertiary/aromatic N) is 1. The first-order chi connectivity index (χ1) is 5.89. The van der Waals surface area contributed by atoms with Gasteiger partial charge in [-0.05, 0) is 13.8 Å². The van der Waals surface area contributed by atoms with E-state index < -0.39 is 16.0 Å². The Morgan fingerprint density at radius 2 is 1.77 bits per heavy atom. The Bertz CT molecular complexity index is 233. The standard InChI is InChI=1S/C7H17NO4S/c1-3-8(4-2,5-6-9)7-13(10,11)12/h9H,3-7H2,1-2H3. The molecule has 0 aromatic carbocycles. The average Bonchev–Trinajstić information content (AvgIpc) is 2.01. The Morgan fingerprint density at radius 1 is 1.31 bits per heavy atom. The minimum Gasteiger partial charge on any atom is -0.744 e. The van der Waals surface area contributed by atoms with Gasteiger partial charge >= 0.3 is 0 Å². The van der Waals surface area contributed by atoms with E-state index in [9.17, 15) is 13.0 Å². The number of aliphatic hydroxyl groups excluding tert-OH is 1. The van der Waals surface area contributed by atoms with Crippen molar-refractivity contribution >= 4 is 10.1 Å². The number of likely N-dealkylation sites (N-methyl/N-ethyl adjacent to an activating group) is 1. The molecule has 13 heavy (non-hydrogen) atoms. The molecule has 0 radical (unpaired) electrons. The molecule has 0 unspecified atom stereocenters. The Kier molecular flexibility index (Phi) is 4.83. The van der Waals surface area contributed by atoms with Crippen LogP contribution in [0.2, 0.25) is 0 Å². The van der Waals surface area contributed by atoms with Gasteiger partial charge in [0.15, 0.2) is 5.88 Å². The minimum atomic E-state index is -4.22. The zero-order valence-electron chi connectivity index (χ0n) is 8.06. The maximum absolute atomic E-state index is 10.6. The molecule has 0 bridgehead atoms. The predicted molar refractivity (Wildman–Crippen MR) is 47.9 cm³/mol. The number of quaternary nitrogens is 1. The molecule has 0 rings (SSSR count). The SMILES string of the molecule is CC[N+](CC)(CCO)CS(=O)(=O)[O-]. The van der Waals surface area contributed by atoms with Gasteiger partial charge in [-0.15, -0.1) is 0 Å².